The van der Waals surface area contributed by atoms with Crippen LogP contribution >= 0.6 is 11.3 Å². The van der Waals surface area contributed by atoms with E-state index in [9.17, 15) is 9.59 Å². The van der Waals surface area contributed by atoms with Crippen molar-refractivity contribution in [3.8, 4) is 10.6 Å². The summed E-state index contributed by atoms with van der Waals surface area (Å²) >= 11 is 1.51. The number of amides is 1. The molecule has 0 aliphatic rings. The fourth-order valence-electron chi connectivity index (χ4n) is 2.13. The summed E-state index contributed by atoms with van der Waals surface area (Å²) in [6.45, 7) is 4.16. The molecule has 0 saturated carbocycles. The van der Waals surface area contributed by atoms with Crippen LogP contribution in [0.4, 0.5) is 0 Å². The molecule has 0 fully saturated rings. The maximum atomic E-state index is 12.1. The SMILES string of the molecule is Cc1ncn(CCNC(=O)c2cc(-c3cccs3)on2)c(=O)c1C. The number of aromatic nitrogens is 3. The van der Waals surface area contributed by atoms with Crippen LogP contribution in [0, 0.1) is 13.8 Å². The van der Waals surface area contributed by atoms with Gasteiger partial charge in [0.15, 0.2) is 11.5 Å². The summed E-state index contributed by atoms with van der Waals surface area (Å²) in [5, 5.41) is 8.43. The summed E-state index contributed by atoms with van der Waals surface area (Å²) in [4.78, 5) is 29.2. The molecule has 0 saturated heterocycles. The summed E-state index contributed by atoms with van der Waals surface area (Å²) in [7, 11) is 0. The van der Waals surface area contributed by atoms with Crippen molar-refractivity contribution in [3.05, 3.63) is 57.2 Å². The molecular weight excluding hydrogens is 328 g/mol. The average Bonchev–Trinajstić information content (AvgIpc) is 3.25. The molecule has 24 heavy (non-hydrogen) atoms. The predicted octanol–water partition coefficient (Wildman–Crippen LogP) is 2.01. The number of carbonyl (C=O) groups is 1. The van der Waals surface area contributed by atoms with Gasteiger partial charge in [-0.1, -0.05) is 11.2 Å². The van der Waals surface area contributed by atoms with Gasteiger partial charge in [0.2, 0.25) is 0 Å². The van der Waals surface area contributed by atoms with Crippen molar-refractivity contribution >= 4 is 17.2 Å². The highest BCUT2D eigenvalue weighted by Gasteiger charge is 2.14. The van der Waals surface area contributed by atoms with Gasteiger partial charge in [0, 0.05) is 30.4 Å². The van der Waals surface area contributed by atoms with Gasteiger partial charge in [-0.15, -0.1) is 11.3 Å². The Kier molecular flexibility index (Phi) is 4.57. The molecule has 3 aromatic rings. The lowest BCUT2D eigenvalue weighted by atomic mass is 10.3. The molecule has 0 aromatic carbocycles. The van der Waals surface area contributed by atoms with E-state index >= 15 is 0 Å². The summed E-state index contributed by atoms with van der Waals surface area (Å²) in [6, 6.07) is 5.40. The van der Waals surface area contributed by atoms with Crippen molar-refractivity contribution in [2.75, 3.05) is 6.54 Å². The molecule has 124 valence electrons. The maximum Gasteiger partial charge on any atom is 0.273 e. The van der Waals surface area contributed by atoms with Gasteiger partial charge in [0.1, 0.15) is 0 Å². The molecule has 3 aromatic heterocycles. The van der Waals surface area contributed by atoms with Crippen LogP contribution in [0.1, 0.15) is 21.7 Å². The first-order valence-corrected chi connectivity index (χ1v) is 8.25. The largest absolute Gasteiger partial charge is 0.355 e. The smallest absolute Gasteiger partial charge is 0.273 e. The number of aryl methyl sites for hydroxylation is 1. The van der Waals surface area contributed by atoms with Gasteiger partial charge in [-0.2, -0.15) is 0 Å². The third-order valence-corrected chi connectivity index (χ3v) is 4.54. The lowest BCUT2D eigenvalue weighted by Crippen LogP contribution is -2.32. The number of carbonyl (C=O) groups excluding carboxylic acids is 1. The highest BCUT2D eigenvalue weighted by atomic mass is 32.1. The van der Waals surface area contributed by atoms with E-state index in [-0.39, 0.29) is 17.2 Å². The van der Waals surface area contributed by atoms with Gasteiger partial charge in [0.25, 0.3) is 11.5 Å². The second-order valence-corrected chi connectivity index (χ2v) is 6.21. The van der Waals surface area contributed by atoms with Gasteiger partial charge in [-0.05, 0) is 25.3 Å². The number of hydrogen-bond donors (Lipinski definition) is 1. The summed E-state index contributed by atoms with van der Waals surface area (Å²) in [5.41, 5.74) is 1.44. The number of thiophene rings is 1. The molecule has 1 N–H and O–H groups in total. The van der Waals surface area contributed by atoms with Crippen molar-refractivity contribution in [1.82, 2.24) is 20.0 Å². The molecule has 0 unspecified atom stereocenters. The van der Waals surface area contributed by atoms with Gasteiger partial charge in [-0.3, -0.25) is 14.2 Å². The monoisotopic (exact) mass is 344 g/mol. The van der Waals surface area contributed by atoms with Gasteiger partial charge < -0.3 is 9.84 Å². The normalized spacial score (nSPS) is 10.8. The van der Waals surface area contributed by atoms with Crippen LogP contribution in [0.3, 0.4) is 0 Å². The van der Waals surface area contributed by atoms with Crippen LogP contribution in [0.5, 0.6) is 0 Å². The Morgan fingerprint density at radius 1 is 1.42 bits per heavy atom. The molecular formula is C16H16N4O3S. The topological polar surface area (TPSA) is 90.0 Å². The van der Waals surface area contributed by atoms with Gasteiger partial charge >= 0.3 is 0 Å². The van der Waals surface area contributed by atoms with E-state index in [0.717, 1.165) is 4.88 Å². The Morgan fingerprint density at radius 3 is 3.00 bits per heavy atom. The van der Waals surface area contributed by atoms with E-state index in [2.05, 4.69) is 15.5 Å². The second kappa shape index (κ2) is 6.79. The Balaban J connectivity index is 1.60. The molecule has 7 nitrogen and oxygen atoms in total. The molecule has 0 aliphatic heterocycles. The van der Waals surface area contributed by atoms with Crippen LogP contribution in [-0.4, -0.2) is 27.2 Å². The highest BCUT2D eigenvalue weighted by molar-refractivity contribution is 7.13. The van der Waals surface area contributed by atoms with Crippen molar-refractivity contribution in [1.29, 1.82) is 0 Å². The van der Waals surface area contributed by atoms with Crippen molar-refractivity contribution in [2.45, 2.75) is 20.4 Å². The standard InChI is InChI=1S/C16H16N4O3S/c1-10-11(2)18-9-20(16(10)22)6-5-17-15(21)12-8-13(23-19-12)14-4-3-7-24-14/h3-4,7-9H,5-6H2,1-2H3,(H,17,21). The highest BCUT2D eigenvalue weighted by Crippen LogP contribution is 2.24. The Bertz CT molecular complexity index is 912. The molecule has 3 heterocycles. The van der Waals surface area contributed by atoms with Gasteiger partial charge in [0.05, 0.1) is 11.2 Å². The first-order chi connectivity index (χ1) is 11.6. The minimum Gasteiger partial charge on any atom is -0.355 e. The third-order valence-electron chi connectivity index (χ3n) is 3.66. The summed E-state index contributed by atoms with van der Waals surface area (Å²) in [5.74, 6) is 0.219. The lowest BCUT2D eigenvalue weighted by Gasteiger charge is -2.08. The zero-order valence-electron chi connectivity index (χ0n) is 13.3. The predicted molar refractivity (Wildman–Crippen MR) is 90.1 cm³/mol. The molecule has 0 aliphatic carbocycles. The number of rotatable bonds is 5. The van der Waals surface area contributed by atoms with E-state index in [0.29, 0.717) is 30.1 Å². The molecule has 1 amide bonds. The van der Waals surface area contributed by atoms with Crippen LogP contribution in [0.25, 0.3) is 10.6 Å². The van der Waals surface area contributed by atoms with Crippen LogP contribution in [-0.2, 0) is 6.54 Å². The zero-order chi connectivity index (χ0) is 17.1. The van der Waals surface area contributed by atoms with Crippen LogP contribution in [0.15, 0.2) is 39.2 Å². The van der Waals surface area contributed by atoms with E-state index in [1.54, 1.807) is 19.9 Å². The Hall–Kier alpha value is -2.74. The average molecular weight is 344 g/mol. The molecule has 0 atom stereocenters. The molecule has 0 radical (unpaired) electrons. The van der Waals surface area contributed by atoms with Crippen molar-refractivity contribution < 1.29 is 9.32 Å². The molecule has 8 heteroatoms. The van der Waals surface area contributed by atoms with Crippen molar-refractivity contribution in [2.24, 2.45) is 0 Å². The summed E-state index contributed by atoms with van der Waals surface area (Å²) in [6.07, 6.45) is 1.49. The van der Waals surface area contributed by atoms with E-state index in [1.807, 2.05) is 17.5 Å². The maximum absolute atomic E-state index is 12.1. The fourth-order valence-corrected chi connectivity index (χ4v) is 2.81. The van der Waals surface area contributed by atoms with Crippen LogP contribution in [0.2, 0.25) is 0 Å². The third kappa shape index (κ3) is 3.28. The van der Waals surface area contributed by atoms with Crippen LogP contribution < -0.4 is 10.9 Å². The lowest BCUT2D eigenvalue weighted by molar-refractivity contribution is 0.0943. The van der Waals surface area contributed by atoms with E-state index in [4.69, 9.17) is 4.52 Å². The zero-order valence-corrected chi connectivity index (χ0v) is 14.1. The number of hydrogen-bond acceptors (Lipinski definition) is 6. The Labute approximate surface area is 141 Å². The first-order valence-electron chi connectivity index (χ1n) is 7.37. The molecule has 3 rings (SSSR count). The Morgan fingerprint density at radius 2 is 2.25 bits per heavy atom. The summed E-state index contributed by atoms with van der Waals surface area (Å²) < 4.78 is 6.65. The second-order valence-electron chi connectivity index (χ2n) is 5.26. The van der Waals surface area contributed by atoms with E-state index < -0.39 is 0 Å². The minimum absolute atomic E-state index is 0.0989. The van der Waals surface area contributed by atoms with Crippen molar-refractivity contribution in [3.63, 3.8) is 0 Å². The first kappa shape index (κ1) is 16.1. The minimum atomic E-state index is -0.341. The fraction of sp³-hybridized carbons (Fsp3) is 0.250. The number of nitrogens with one attached hydrogen (secondary N) is 1. The molecule has 0 bridgehead atoms. The number of nitrogens with zero attached hydrogens (tertiary/aromatic N) is 3. The molecule has 0 spiro atoms. The quantitative estimate of drug-likeness (QED) is 0.764. The van der Waals surface area contributed by atoms with Gasteiger partial charge in [-0.25, -0.2) is 4.98 Å². The van der Waals surface area contributed by atoms with E-state index in [1.165, 1.54) is 22.2 Å².